The maximum absolute atomic E-state index is 13.1. The molecule has 2 N–H and O–H groups in total. The molecule has 2 aromatic rings. The van der Waals surface area contributed by atoms with Gasteiger partial charge in [-0.3, -0.25) is 28.9 Å². The van der Waals surface area contributed by atoms with Crippen LogP contribution in [0.4, 0.5) is 10.5 Å². The molecule has 3 heterocycles. The van der Waals surface area contributed by atoms with Crippen LogP contribution in [0.5, 0.6) is 0 Å². The molecule has 3 aliphatic rings. The number of benzene rings is 1. The Bertz CT molecular complexity index is 1410. The van der Waals surface area contributed by atoms with E-state index in [0.717, 1.165) is 69.6 Å². The number of piperidine rings is 1. The van der Waals surface area contributed by atoms with Crippen molar-refractivity contribution in [3.05, 3.63) is 28.7 Å². The van der Waals surface area contributed by atoms with Gasteiger partial charge in [-0.05, 0) is 83.9 Å². The highest BCUT2D eigenvalue weighted by Crippen LogP contribution is 2.29. The summed E-state index contributed by atoms with van der Waals surface area (Å²) in [6.45, 7) is 12.9. The summed E-state index contributed by atoms with van der Waals surface area (Å²) < 4.78 is 14.6. The normalized spacial score (nSPS) is 24.3. The molecule has 2 atom stereocenters. The first-order valence-corrected chi connectivity index (χ1v) is 16.0. The minimum Gasteiger partial charge on any atom is -0.444 e. The highest BCUT2D eigenvalue weighted by Gasteiger charge is 2.32. The molecule has 0 bridgehead atoms. The van der Waals surface area contributed by atoms with Crippen LogP contribution < -0.4 is 21.2 Å². The zero-order valence-corrected chi connectivity index (χ0v) is 26.8. The first-order valence-electron chi connectivity index (χ1n) is 16.0. The van der Waals surface area contributed by atoms with Crippen molar-refractivity contribution in [2.75, 3.05) is 44.2 Å². The highest BCUT2D eigenvalue weighted by atomic mass is 16.6. The van der Waals surface area contributed by atoms with Crippen LogP contribution in [-0.2, 0) is 26.1 Å². The molecule has 3 amide bonds. The standard InChI is InChI=1S/C32H48N6O6/c1-21(33-30(41)44-32(2,3)4)20-43-24-9-6-22(7-10-24)19-36-14-16-37(17-15-36)23-8-11-25-27(18-23)35(5)31(42)38(25)26-12-13-28(39)34-29(26)40/h8,11,18,21-22,24,26H,6-7,9-10,12-17,19-20H2,1-5H3,(H,33,41)(H,34,39,40). The van der Waals surface area contributed by atoms with Crippen molar-refractivity contribution in [2.24, 2.45) is 13.0 Å². The van der Waals surface area contributed by atoms with E-state index in [4.69, 9.17) is 9.47 Å². The molecule has 12 heteroatoms. The van der Waals surface area contributed by atoms with Gasteiger partial charge in [0.1, 0.15) is 11.6 Å². The van der Waals surface area contributed by atoms with Gasteiger partial charge in [-0.25, -0.2) is 9.59 Å². The molecule has 1 saturated carbocycles. The molecule has 1 aliphatic carbocycles. The summed E-state index contributed by atoms with van der Waals surface area (Å²) in [6, 6.07) is 5.22. The number of imidazole rings is 1. The van der Waals surface area contributed by atoms with Crippen molar-refractivity contribution in [2.45, 2.75) is 90.0 Å². The van der Waals surface area contributed by atoms with Gasteiger partial charge < -0.3 is 19.7 Å². The van der Waals surface area contributed by atoms with Gasteiger partial charge in [0.05, 0.1) is 29.8 Å². The topological polar surface area (TPSA) is 127 Å². The number of anilines is 1. The lowest BCUT2D eigenvalue weighted by atomic mass is 9.87. The van der Waals surface area contributed by atoms with Gasteiger partial charge in [0.15, 0.2) is 0 Å². The zero-order valence-electron chi connectivity index (χ0n) is 26.8. The van der Waals surface area contributed by atoms with Crippen LogP contribution in [0.25, 0.3) is 11.0 Å². The molecule has 0 radical (unpaired) electrons. The van der Waals surface area contributed by atoms with Crippen molar-refractivity contribution >= 4 is 34.6 Å². The Labute approximate surface area is 259 Å². The van der Waals surface area contributed by atoms with Crippen molar-refractivity contribution in [1.29, 1.82) is 0 Å². The van der Waals surface area contributed by atoms with Crippen LogP contribution >= 0.6 is 0 Å². The number of carbonyl (C=O) groups excluding carboxylic acids is 3. The van der Waals surface area contributed by atoms with Gasteiger partial charge in [-0.2, -0.15) is 0 Å². The first-order chi connectivity index (χ1) is 20.9. The Morgan fingerprint density at radius 1 is 1.02 bits per heavy atom. The fourth-order valence-corrected chi connectivity index (χ4v) is 6.64. The van der Waals surface area contributed by atoms with E-state index >= 15 is 0 Å². The minimum atomic E-state index is -0.676. The third-order valence-electron chi connectivity index (χ3n) is 8.99. The molecule has 2 aliphatic heterocycles. The second kappa shape index (κ2) is 13.3. The summed E-state index contributed by atoms with van der Waals surface area (Å²) in [5, 5.41) is 5.21. The summed E-state index contributed by atoms with van der Waals surface area (Å²) >= 11 is 0. The molecule has 12 nitrogen and oxygen atoms in total. The molecule has 5 rings (SSSR count). The maximum atomic E-state index is 13.1. The quantitative estimate of drug-likeness (QED) is 0.436. The third-order valence-corrected chi connectivity index (χ3v) is 8.99. The monoisotopic (exact) mass is 612 g/mol. The molecule has 44 heavy (non-hydrogen) atoms. The van der Waals surface area contributed by atoms with E-state index in [1.54, 1.807) is 11.6 Å². The highest BCUT2D eigenvalue weighted by molar-refractivity contribution is 6.00. The summed E-state index contributed by atoms with van der Waals surface area (Å²) in [5.74, 6) is -0.0465. The fraction of sp³-hybridized carbons (Fsp3) is 0.688. The second-order valence-corrected chi connectivity index (χ2v) is 13.7. The number of alkyl carbamates (subject to hydrolysis) is 1. The second-order valence-electron chi connectivity index (χ2n) is 13.7. The molecular weight excluding hydrogens is 564 g/mol. The van der Waals surface area contributed by atoms with E-state index in [9.17, 15) is 19.2 Å². The SMILES string of the molecule is CC(COC1CCC(CN2CCN(c3ccc4c(c3)n(C)c(=O)n4C3CCC(=O)NC3=O)CC2)CC1)NC(=O)OC(C)(C)C. The number of rotatable bonds is 8. The zero-order chi connectivity index (χ0) is 31.6. The van der Waals surface area contributed by atoms with Crippen LogP contribution in [0.2, 0.25) is 0 Å². The Kier molecular flexibility index (Phi) is 9.69. The number of hydrogen-bond donors (Lipinski definition) is 2. The molecule has 1 aromatic heterocycles. The molecule has 1 aromatic carbocycles. The summed E-state index contributed by atoms with van der Waals surface area (Å²) in [7, 11) is 1.73. The number of nitrogens with zero attached hydrogens (tertiary/aromatic N) is 4. The fourth-order valence-electron chi connectivity index (χ4n) is 6.64. The van der Waals surface area contributed by atoms with Crippen molar-refractivity contribution in [3.8, 4) is 0 Å². The predicted molar refractivity (Wildman–Crippen MR) is 168 cm³/mol. The van der Waals surface area contributed by atoms with E-state index in [1.807, 2.05) is 45.9 Å². The number of fused-ring (bicyclic) bond motifs is 1. The van der Waals surface area contributed by atoms with Crippen molar-refractivity contribution in [3.63, 3.8) is 0 Å². The number of amides is 3. The van der Waals surface area contributed by atoms with Crippen LogP contribution in [-0.4, -0.2) is 89.0 Å². The first kappa shape index (κ1) is 32.0. The van der Waals surface area contributed by atoms with Gasteiger partial charge in [-0.1, -0.05) is 0 Å². The predicted octanol–water partition coefficient (Wildman–Crippen LogP) is 2.93. The average molecular weight is 613 g/mol. The van der Waals surface area contributed by atoms with E-state index in [1.165, 1.54) is 4.57 Å². The Hall–Kier alpha value is -3.38. The lowest BCUT2D eigenvalue weighted by Crippen LogP contribution is -2.48. The Morgan fingerprint density at radius 2 is 1.73 bits per heavy atom. The number of ether oxygens (including phenoxy) is 2. The number of piperazine rings is 1. The van der Waals surface area contributed by atoms with Crippen molar-refractivity contribution < 1.29 is 23.9 Å². The third kappa shape index (κ3) is 7.63. The summed E-state index contributed by atoms with van der Waals surface area (Å²) in [4.78, 5) is 54.1. The smallest absolute Gasteiger partial charge is 0.407 e. The molecule has 3 fully saturated rings. The molecule has 242 valence electrons. The van der Waals surface area contributed by atoms with E-state index in [-0.39, 0.29) is 30.2 Å². The number of imide groups is 1. The molecule has 0 spiro atoms. The number of carbonyl (C=O) groups is 3. The molecule has 2 saturated heterocycles. The van der Waals surface area contributed by atoms with E-state index in [2.05, 4.69) is 20.4 Å². The average Bonchev–Trinajstić information content (AvgIpc) is 3.21. The van der Waals surface area contributed by atoms with Gasteiger partial charge in [-0.15, -0.1) is 0 Å². The Morgan fingerprint density at radius 3 is 2.39 bits per heavy atom. The van der Waals surface area contributed by atoms with Gasteiger partial charge in [0.2, 0.25) is 11.8 Å². The number of nitrogens with one attached hydrogen (secondary N) is 2. The maximum Gasteiger partial charge on any atom is 0.407 e. The molecular formula is C32H48N6O6. The van der Waals surface area contributed by atoms with Crippen LogP contribution in [0, 0.1) is 5.92 Å². The van der Waals surface area contributed by atoms with Crippen molar-refractivity contribution in [1.82, 2.24) is 24.7 Å². The minimum absolute atomic E-state index is 0.102. The van der Waals surface area contributed by atoms with E-state index < -0.39 is 23.6 Å². The lowest BCUT2D eigenvalue weighted by molar-refractivity contribution is -0.135. The number of aryl methyl sites for hydroxylation is 1. The lowest BCUT2D eigenvalue weighted by Gasteiger charge is -2.39. The van der Waals surface area contributed by atoms with Crippen LogP contribution in [0.15, 0.2) is 23.0 Å². The van der Waals surface area contributed by atoms with Gasteiger partial charge in [0.25, 0.3) is 0 Å². The Balaban J connectivity index is 1.07. The largest absolute Gasteiger partial charge is 0.444 e. The molecule has 2 unspecified atom stereocenters. The number of hydrogen-bond acceptors (Lipinski definition) is 8. The van der Waals surface area contributed by atoms with Gasteiger partial charge in [0, 0.05) is 51.9 Å². The van der Waals surface area contributed by atoms with E-state index in [0.29, 0.717) is 24.5 Å². The van der Waals surface area contributed by atoms with Gasteiger partial charge >= 0.3 is 11.8 Å². The van der Waals surface area contributed by atoms with Crippen LogP contribution in [0.1, 0.15) is 72.3 Å². The summed E-state index contributed by atoms with van der Waals surface area (Å²) in [6.07, 6.45) is 4.76. The summed E-state index contributed by atoms with van der Waals surface area (Å²) in [5.41, 5.74) is 1.81. The van der Waals surface area contributed by atoms with Crippen LogP contribution in [0.3, 0.4) is 0 Å². The number of aromatic nitrogens is 2.